The van der Waals surface area contributed by atoms with Gasteiger partial charge in [-0.05, 0) is 31.0 Å². The van der Waals surface area contributed by atoms with E-state index in [1.165, 1.54) is 10.7 Å². The maximum atomic E-state index is 13.8. The Labute approximate surface area is 168 Å². The topological polar surface area (TPSA) is 73.1 Å². The lowest BCUT2D eigenvalue weighted by Gasteiger charge is -2.32. The van der Waals surface area contributed by atoms with E-state index in [2.05, 4.69) is 15.3 Å². The molecule has 1 aliphatic rings. The Bertz CT molecular complexity index is 962. The maximum absolute atomic E-state index is 13.8. The van der Waals surface area contributed by atoms with Crippen LogP contribution in [0.15, 0.2) is 54.9 Å². The Morgan fingerprint density at radius 3 is 2.90 bits per heavy atom. The number of hydrogen-bond donors (Lipinski definition) is 0. The molecule has 1 saturated heterocycles. The van der Waals surface area contributed by atoms with Crippen LogP contribution in [0.3, 0.4) is 0 Å². The molecule has 4 rings (SSSR count). The molecule has 150 valence electrons. The predicted octanol–water partition coefficient (Wildman–Crippen LogP) is 2.68. The van der Waals surface area contributed by atoms with Crippen molar-refractivity contribution < 1.29 is 13.9 Å². The second-order valence-electron chi connectivity index (χ2n) is 7.04. The highest BCUT2D eigenvalue weighted by atomic mass is 19.1. The number of halogens is 1. The van der Waals surface area contributed by atoms with E-state index in [0.29, 0.717) is 25.3 Å². The first kappa shape index (κ1) is 19.2. The Hall–Kier alpha value is -3.13. The van der Waals surface area contributed by atoms with Crippen LogP contribution in [0.4, 0.5) is 4.39 Å². The van der Waals surface area contributed by atoms with Crippen molar-refractivity contribution >= 4 is 5.91 Å². The van der Waals surface area contributed by atoms with E-state index in [9.17, 15) is 9.18 Å². The quantitative estimate of drug-likeness (QED) is 0.642. The third-order valence-electron chi connectivity index (χ3n) is 4.91. The van der Waals surface area contributed by atoms with Crippen molar-refractivity contribution in [3.63, 3.8) is 0 Å². The van der Waals surface area contributed by atoms with Crippen molar-refractivity contribution in [3.8, 4) is 0 Å². The number of nitrogens with zero attached hydrogens (tertiary/aromatic N) is 5. The van der Waals surface area contributed by atoms with Crippen LogP contribution in [-0.2, 0) is 17.9 Å². The summed E-state index contributed by atoms with van der Waals surface area (Å²) in [6, 6.07) is 12.2. The van der Waals surface area contributed by atoms with Gasteiger partial charge >= 0.3 is 0 Å². The molecule has 0 spiro atoms. The SMILES string of the molecule is O=C(c1cn(Cc2ccccc2F)nn1)N1CCC[C@H](OCc2ccccn2)C1. The lowest BCUT2D eigenvalue weighted by Crippen LogP contribution is -2.43. The highest BCUT2D eigenvalue weighted by Crippen LogP contribution is 2.17. The zero-order valence-corrected chi connectivity index (χ0v) is 15.9. The molecule has 0 aliphatic carbocycles. The standard InChI is InChI=1S/C21H22FN5O2/c22-19-9-2-1-6-16(19)12-27-14-20(24-25-27)21(28)26-11-5-8-18(13-26)29-15-17-7-3-4-10-23-17/h1-4,6-7,9-10,14,18H,5,8,11-13,15H2/t18-/m0/s1. The van der Waals surface area contributed by atoms with Crippen LogP contribution in [-0.4, -0.2) is 50.0 Å². The summed E-state index contributed by atoms with van der Waals surface area (Å²) in [5, 5.41) is 7.96. The molecular formula is C21H22FN5O2. The fraction of sp³-hybridized carbons (Fsp3) is 0.333. The number of hydrogen-bond acceptors (Lipinski definition) is 5. The largest absolute Gasteiger partial charge is 0.370 e. The molecule has 0 unspecified atom stereocenters. The van der Waals surface area contributed by atoms with Crippen molar-refractivity contribution in [2.75, 3.05) is 13.1 Å². The Morgan fingerprint density at radius 2 is 2.07 bits per heavy atom. The molecule has 0 bridgehead atoms. The maximum Gasteiger partial charge on any atom is 0.276 e. The van der Waals surface area contributed by atoms with Crippen LogP contribution in [0, 0.1) is 5.82 Å². The molecule has 1 amide bonds. The first-order chi connectivity index (χ1) is 14.2. The van der Waals surface area contributed by atoms with Crippen LogP contribution >= 0.6 is 0 Å². The molecule has 0 N–H and O–H groups in total. The minimum atomic E-state index is -0.306. The van der Waals surface area contributed by atoms with Crippen molar-refractivity contribution in [3.05, 3.63) is 77.6 Å². The van der Waals surface area contributed by atoms with Gasteiger partial charge in [0.25, 0.3) is 5.91 Å². The van der Waals surface area contributed by atoms with Gasteiger partial charge in [0.2, 0.25) is 0 Å². The number of carbonyl (C=O) groups is 1. The fourth-order valence-corrected chi connectivity index (χ4v) is 3.38. The number of piperidine rings is 1. The normalized spacial score (nSPS) is 16.7. The summed E-state index contributed by atoms with van der Waals surface area (Å²) >= 11 is 0. The number of rotatable bonds is 6. The van der Waals surface area contributed by atoms with Crippen LogP contribution in [0.1, 0.15) is 34.6 Å². The van der Waals surface area contributed by atoms with E-state index >= 15 is 0 Å². The van der Waals surface area contributed by atoms with Gasteiger partial charge in [-0.1, -0.05) is 29.5 Å². The molecule has 0 radical (unpaired) electrons. The smallest absolute Gasteiger partial charge is 0.276 e. The van der Waals surface area contributed by atoms with E-state index in [1.807, 2.05) is 18.2 Å². The summed E-state index contributed by atoms with van der Waals surface area (Å²) in [5.41, 5.74) is 1.62. The number of amides is 1. The van der Waals surface area contributed by atoms with Crippen LogP contribution in [0.2, 0.25) is 0 Å². The fourth-order valence-electron chi connectivity index (χ4n) is 3.38. The third-order valence-corrected chi connectivity index (χ3v) is 4.91. The molecule has 1 aromatic carbocycles. The Kier molecular flexibility index (Phi) is 5.90. The summed E-state index contributed by atoms with van der Waals surface area (Å²) in [6.07, 6.45) is 5.02. The minimum Gasteiger partial charge on any atom is -0.370 e. The summed E-state index contributed by atoms with van der Waals surface area (Å²) in [4.78, 5) is 18.8. The van der Waals surface area contributed by atoms with Crippen molar-refractivity contribution in [2.45, 2.75) is 32.1 Å². The van der Waals surface area contributed by atoms with Crippen molar-refractivity contribution in [2.24, 2.45) is 0 Å². The molecule has 1 aliphatic heterocycles. The van der Waals surface area contributed by atoms with Gasteiger partial charge in [0.15, 0.2) is 5.69 Å². The third kappa shape index (κ3) is 4.83. The molecule has 3 aromatic rings. The average molecular weight is 395 g/mol. The highest BCUT2D eigenvalue weighted by Gasteiger charge is 2.26. The highest BCUT2D eigenvalue weighted by molar-refractivity contribution is 5.92. The summed E-state index contributed by atoms with van der Waals surface area (Å²) in [6.45, 7) is 1.81. The van der Waals surface area contributed by atoms with Gasteiger partial charge in [-0.15, -0.1) is 5.10 Å². The first-order valence-corrected chi connectivity index (χ1v) is 9.63. The molecule has 3 heterocycles. The second kappa shape index (κ2) is 8.91. The first-order valence-electron chi connectivity index (χ1n) is 9.63. The lowest BCUT2D eigenvalue weighted by atomic mass is 10.1. The summed E-state index contributed by atoms with van der Waals surface area (Å²) in [7, 11) is 0. The molecule has 0 saturated carbocycles. The van der Waals surface area contributed by atoms with Gasteiger partial charge in [0.1, 0.15) is 5.82 Å². The minimum absolute atomic E-state index is 0.0387. The monoisotopic (exact) mass is 395 g/mol. The average Bonchev–Trinajstić information content (AvgIpc) is 3.23. The molecule has 7 nitrogen and oxygen atoms in total. The van der Waals surface area contributed by atoms with Gasteiger partial charge < -0.3 is 9.64 Å². The van der Waals surface area contributed by atoms with Gasteiger partial charge in [-0.3, -0.25) is 9.78 Å². The van der Waals surface area contributed by atoms with Crippen molar-refractivity contribution in [1.82, 2.24) is 24.9 Å². The van der Waals surface area contributed by atoms with E-state index in [-0.39, 0.29) is 30.1 Å². The van der Waals surface area contributed by atoms with Crippen LogP contribution in [0.25, 0.3) is 0 Å². The van der Waals surface area contributed by atoms with E-state index in [4.69, 9.17) is 4.74 Å². The molecule has 1 atom stereocenters. The van der Waals surface area contributed by atoms with Gasteiger partial charge in [0.05, 0.1) is 31.1 Å². The number of benzene rings is 1. The Morgan fingerprint density at radius 1 is 1.21 bits per heavy atom. The van der Waals surface area contributed by atoms with Gasteiger partial charge in [-0.2, -0.15) is 0 Å². The van der Waals surface area contributed by atoms with Crippen LogP contribution < -0.4 is 0 Å². The van der Waals surface area contributed by atoms with Gasteiger partial charge in [-0.25, -0.2) is 9.07 Å². The Balaban J connectivity index is 1.35. The van der Waals surface area contributed by atoms with E-state index < -0.39 is 0 Å². The lowest BCUT2D eigenvalue weighted by molar-refractivity contribution is -0.00801. The zero-order valence-electron chi connectivity index (χ0n) is 15.9. The number of aromatic nitrogens is 4. The molecular weight excluding hydrogens is 373 g/mol. The van der Waals surface area contributed by atoms with Crippen molar-refractivity contribution in [1.29, 1.82) is 0 Å². The molecule has 8 heteroatoms. The molecule has 1 fully saturated rings. The number of likely N-dealkylation sites (tertiary alicyclic amines) is 1. The van der Waals surface area contributed by atoms with E-state index in [0.717, 1.165) is 18.5 Å². The second-order valence-corrected chi connectivity index (χ2v) is 7.04. The van der Waals surface area contributed by atoms with Gasteiger partial charge in [0, 0.05) is 24.8 Å². The zero-order chi connectivity index (χ0) is 20.1. The molecule has 29 heavy (non-hydrogen) atoms. The summed E-state index contributed by atoms with van der Waals surface area (Å²) in [5.74, 6) is -0.490. The number of ether oxygens (including phenoxy) is 1. The predicted molar refractivity (Wildman–Crippen MR) is 103 cm³/mol. The number of carbonyl (C=O) groups excluding carboxylic acids is 1. The van der Waals surface area contributed by atoms with Crippen LogP contribution in [0.5, 0.6) is 0 Å². The molecule has 2 aromatic heterocycles. The van der Waals surface area contributed by atoms with E-state index in [1.54, 1.807) is 35.5 Å². The summed E-state index contributed by atoms with van der Waals surface area (Å²) < 4.78 is 21.2. The number of pyridine rings is 1.